The molecule has 2 N–H and O–H groups in total. The Balaban J connectivity index is 1.32. The van der Waals surface area contributed by atoms with Crippen molar-refractivity contribution in [2.75, 3.05) is 38.6 Å². The molecule has 0 radical (unpaired) electrons. The zero-order valence-corrected chi connectivity index (χ0v) is 25.1. The molecule has 0 saturated carbocycles. The molecule has 7 nitrogen and oxygen atoms in total. The Morgan fingerprint density at radius 3 is 2.65 bits per heavy atom. The maximum Gasteiger partial charge on any atom is 0.181 e. The van der Waals surface area contributed by atoms with Gasteiger partial charge in [-0.1, -0.05) is 24.8 Å². The SMILES string of the molecule is C=C/C=C(/c1cc(F)cc(CCCN2CCCC2)c1)c1cc(-c2[nH]nc3ncc(-c4cncc(N(C)C)c4)cc23)[nH]c1C. The largest absolute Gasteiger partial charge is 0.376 e. The third-order valence-electron chi connectivity index (χ3n) is 8.25. The molecule has 1 aliphatic heterocycles. The number of hydrogen-bond donors (Lipinski definition) is 2. The van der Waals surface area contributed by atoms with Crippen molar-refractivity contribution in [1.29, 1.82) is 0 Å². The van der Waals surface area contributed by atoms with Crippen LogP contribution in [0.1, 0.15) is 41.6 Å². The fraction of sp³-hybridized carbons (Fsp3) is 0.286. The number of H-pyrrole nitrogens is 2. The van der Waals surface area contributed by atoms with Gasteiger partial charge in [0.1, 0.15) is 5.82 Å². The molecule has 5 heterocycles. The van der Waals surface area contributed by atoms with E-state index in [0.29, 0.717) is 5.65 Å². The van der Waals surface area contributed by atoms with Crippen LogP contribution in [0.5, 0.6) is 0 Å². The number of fused-ring (bicyclic) bond motifs is 1. The van der Waals surface area contributed by atoms with Crippen molar-refractivity contribution < 1.29 is 4.39 Å². The molecule has 0 aliphatic carbocycles. The summed E-state index contributed by atoms with van der Waals surface area (Å²) in [5.74, 6) is -0.219. The van der Waals surface area contributed by atoms with E-state index in [1.165, 1.54) is 25.9 Å². The first-order valence-electron chi connectivity index (χ1n) is 14.9. The van der Waals surface area contributed by atoms with E-state index >= 15 is 0 Å². The lowest BCUT2D eigenvalue weighted by atomic mass is 9.94. The van der Waals surface area contributed by atoms with Crippen LogP contribution in [-0.4, -0.2) is 63.8 Å². The highest BCUT2D eigenvalue weighted by Crippen LogP contribution is 2.34. The topological polar surface area (TPSA) is 76.7 Å². The van der Waals surface area contributed by atoms with Gasteiger partial charge in [0.05, 0.1) is 23.3 Å². The molecule has 0 atom stereocenters. The van der Waals surface area contributed by atoms with Gasteiger partial charge in [0.15, 0.2) is 5.65 Å². The second-order valence-electron chi connectivity index (χ2n) is 11.6. The fourth-order valence-electron chi connectivity index (χ4n) is 5.99. The van der Waals surface area contributed by atoms with Crippen molar-refractivity contribution in [3.05, 3.63) is 102 Å². The molecule has 4 aromatic heterocycles. The molecule has 1 aliphatic rings. The minimum Gasteiger partial charge on any atom is -0.376 e. The first-order valence-corrected chi connectivity index (χ1v) is 14.9. The van der Waals surface area contributed by atoms with Crippen LogP contribution in [0, 0.1) is 12.7 Å². The molecule has 8 heteroatoms. The van der Waals surface area contributed by atoms with Crippen LogP contribution < -0.4 is 4.90 Å². The van der Waals surface area contributed by atoms with Crippen molar-refractivity contribution in [2.45, 2.75) is 32.6 Å². The highest BCUT2D eigenvalue weighted by Gasteiger charge is 2.18. The number of anilines is 1. The van der Waals surface area contributed by atoms with Gasteiger partial charge in [-0.05, 0) is 99.3 Å². The fourth-order valence-corrected chi connectivity index (χ4v) is 5.99. The zero-order valence-electron chi connectivity index (χ0n) is 25.1. The Labute approximate surface area is 252 Å². The van der Waals surface area contributed by atoms with Crippen LogP contribution in [0.3, 0.4) is 0 Å². The quantitative estimate of drug-likeness (QED) is 0.173. The summed E-state index contributed by atoms with van der Waals surface area (Å²) >= 11 is 0. The van der Waals surface area contributed by atoms with Crippen molar-refractivity contribution >= 4 is 22.3 Å². The summed E-state index contributed by atoms with van der Waals surface area (Å²) in [4.78, 5) is 17.1. The monoisotopic (exact) mass is 575 g/mol. The van der Waals surface area contributed by atoms with E-state index in [9.17, 15) is 4.39 Å². The van der Waals surface area contributed by atoms with Crippen LogP contribution in [-0.2, 0) is 6.42 Å². The molecule has 0 unspecified atom stereocenters. The summed E-state index contributed by atoms with van der Waals surface area (Å²) < 4.78 is 14.9. The lowest BCUT2D eigenvalue weighted by Crippen LogP contribution is -2.20. The Morgan fingerprint density at radius 2 is 1.86 bits per heavy atom. The number of likely N-dealkylation sites (tertiary alicyclic amines) is 1. The number of aromatic nitrogens is 5. The molecule has 220 valence electrons. The molecule has 0 spiro atoms. The third kappa shape index (κ3) is 6.15. The normalized spacial score (nSPS) is 14.1. The number of pyridine rings is 2. The number of rotatable bonds is 10. The Kier molecular flexibility index (Phi) is 8.20. The molecule has 0 amide bonds. The summed E-state index contributed by atoms with van der Waals surface area (Å²) in [6, 6.07) is 11.7. The molecule has 43 heavy (non-hydrogen) atoms. The lowest BCUT2D eigenvalue weighted by molar-refractivity contribution is 0.334. The summed E-state index contributed by atoms with van der Waals surface area (Å²) in [6.07, 6.45) is 13.7. The maximum atomic E-state index is 14.9. The Bertz CT molecular complexity index is 1790. The van der Waals surface area contributed by atoms with Gasteiger partial charge in [0.25, 0.3) is 0 Å². The smallest absolute Gasteiger partial charge is 0.181 e. The number of nitrogens with zero attached hydrogens (tertiary/aromatic N) is 5. The third-order valence-corrected chi connectivity index (χ3v) is 8.25. The van der Waals surface area contributed by atoms with E-state index in [0.717, 1.165) is 80.9 Å². The predicted octanol–water partition coefficient (Wildman–Crippen LogP) is 7.17. The molecule has 1 aromatic carbocycles. The van der Waals surface area contributed by atoms with Crippen molar-refractivity contribution in [2.24, 2.45) is 0 Å². The number of aromatic amines is 2. The van der Waals surface area contributed by atoms with Crippen molar-refractivity contribution in [3.8, 4) is 22.5 Å². The van der Waals surface area contributed by atoms with Crippen molar-refractivity contribution in [1.82, 2.24) is 30.0 Å². The highest BCUT2D eigenvalue weighted by atomic mass is 19.1. The number of hydrogen-bond acceptors (Lipinski definition) is 5. The first kappa shape index (κ1) is 28.6. The zero-order chi connectivity index (χ0) is 29.9. The average molecular weight is 576 g/mol. The molecule has 1 fully saturated rings. The van der Waals surface area contributed by atoms with Gasteiger partial charge in [0, 0.05) is 54.3 Å². The van der Waals surface area contributed by atoms with Gasteiger partial charge in [-0.25, -0.2) is 9.37 Å². The van der Waals surface area contributed by atoms with E-state index in [2.05, 4.69) is 60.9 Å². The lowest BCUT2D eigenvalue weighted by Gasteiger charge is -2.15. The maximum absolute atomic E-state index is 14.9. The van der Waals surface area contributed by atoms with Crippen LogP contribution >= 0.6 is 0 Å². The standard InChI is InChI=1S/C35H38FN7/c1-5-9-30(25-14-24(15-28(36)16-25)10-8-13-43-11-6-7-12-43)31-19-33(39-23(31)2)34-32-18-27(21-38-35(32)41-40-34)26-17-29(42(3)4)22-37-20-26/h5,9,14-22,39H,1,6-8,10-13H2,2-4H3,(H,38,40,41)/b30-9-. The summed E-state index contributed by atoms with van der Waals surface area (Å²) in [5.41, 5.74) is 10.0. The van der Waals surface area contributed by atoms with Crippen LogP contribution in [0.2, 0.25) is 0 Å². The van der Waals surface area contributed by atoms with E-state index in [4.69, 9.17) is 0 Å². The summed E-state index contributed by atoms with van der Waals surface area (Å²) in [5, 5.41) is 8.56. The molecular formula is C35H38FN7. The van der Waals surface area contributed by atoms with E-state index in [1.807, 2.05) is 50.6 Å². The molecule has 1 saturated heterocycles. The van der Waals surface area contributed by atoms with Crippen molar-refractivity contribution in [3.63, 3.8) is 0 Å². The average Bonchev–Trinajstić information content (AvgIpc) is 3.75. The van der Waals surface area contributed by atoms with E-state index in [-0.39, 0.29) is 5.82 Å². The summed E-state index contributed by atoms with van der Waals surface area (Å²) in [7, 11) is 3.99. The minimum atomic E-state index is -0.219. The summed E-state index contributed by atoms with van der Waals surface area (Å²) in [6.45, 7) is 9.41. The molecule has 0 bridgehead atoms. The van der Waals surface area contributed by atoms with Crippen LogP contribution in [0.25, 0.3) is 39.1 Å². The second-order valence-corrected chi connectivity index (χ2v) is 11.6. The van der Waals surface area contributed by atoms with Gasteiger partial charge < -0.3 is 14.8 Å². The molecule has 6 rings (SSSR count). The van der Waals surface area contributed by atoms with Gasteiger partial charge in [0.2, 0.25) is 0 Å². The first-order chi connectivity index (χ1) is 20.9. The number of nitrogens with one attached hydrogen (secondary N) is 2. The van der Waals surface area contributed by atoms with E-state index < -0.39 is 0 Å². The number of aryl methyl sites for hydroxylation is 2. The van der Waals surface area contributed by atoms with Gasteiger partial charge in [-0.3, -0.25) is 10.1 Å². The van der Waals surface area contributed by atoms with Gasteiger partial charge in [-0.15, -0.1) is 0 Å². The van der Waals surface area contributed by atoms with Gasteiger partial charge in [-0.2, -0.15) is 5.10 Å². The number of allylic oxidation sites excluding steroid dienone is 2. The number of benzene rings is 1. The molecular weight excluding hydrogens is 537 g/mol. The highest BCUT2D eigenvalue weighted by molar-refractivity contribution is 5.94. The second kappa shape index (κ2) is 12.4. The van der Waals surface area contributed by atoms with E-state index in [1.54, 1.807) is 18.2 Å². The van der Waals surface area contributed by atoms with Crippen LogP contribution in [0.15, 0.2) is 73.7 Å². The van der Waals surface area contributed by atoms with Crippen LogP contribution in [0.4, 0.5) is 10.1 Å². The Hall–Kier alpha value is -4.56. The minimum absolute atomic E-state index is 0.219. The molecule has 5 aromatic rings. The van der Waals surface area contributed by atoms with Gasteiger partial charge >= 0.3 is 0 Å². The number of halogens is 1. The predicted molar refractivity (Wildman–Crippen MR) is 174 cm³/mol. The Morgan fingerprint density at radius 1 is 1.05 bits per heavy atom.